The molecule has 2 rings (SSSR count). The first-order valence-electron chi connectivity index (χ1n) is 6.81. The van der Waals surface area contributed by atoms with E-state index >= 15 is 0 Å². The van der Waals surface area contributed by atoms with Gasteiger partial charge in [0.25, 0.3) is 0 Å². The van der Waals surface area contributed by atoms with Crippen molar-refractivity contribution in [2.24, 2.45) is 5.73 Å². The summed E-state index contributed by atoms with van der Waals surface area (Å²) in [4.78, 5) is 15.6. The van der Waals surface area contributed by atoms with Crippen molar-refractivity contribution in [3.05, 3.63) is 29.8 Å². The van der Waals surface area contributed by atoms with E-state index < -0.39 is 0 Å². The molecule has 1 saturated heterocycles. The summed E-state index contributed by atoms with van der Waals surface area (Å²) in [6, 6.07) is 8.35. The number of likely N-dealkylation sites (N-methyl/N-ethyl adjacent to an activating group) is 1. The van der Waals surface area contributed by atoms with Crippen LogP contribution in [0.1, 0.15) is 12.5 Å². The molecule has 1 fully saturated rings. The highest BCUT2D eigenvalue weighted by Crippen LogP contribution is 2.15. The Hall–Kier alpha value is -1.75. The van der Waals surface area contributed by atoms with Gasteiger partial charge >= 0.3 is 6.03 Å². The number of carbonyl (C=O) groups is 1. The Morgan fingerprint density at radius 2 is 2.11 bits per heavy atom. The number of hydrogen-bond acceptors (Lipinski definition) is 3. The Labute approximate surface area is 114 Å². The number of hydrogen-bond donors (Lipinski definition) is 2. The standard InChI is InChI=1S/C14H22N4O/c1-2-17(9-10-18-8-7-16-14(18)19)13-5-3-12(11-15)4-6-13/h3-6H,2,7-11,15H2,1H3,(H,16,19). The number of amides is 2. The van der Waals surface area contributed by atoms with E-state index in [1.165, 1.54) is 5.69 Å². The van der Waals surface area contributed by atoms with Crippen LogP contribution in [0.3, 0.4) is 0 Å². The monoisotopic (exact) mass is 262 g/mol. The van der Waals surface area contributed by atoms with Crippen LogP contribution in [0.2, 0.25) is 0 Å². The highest BCUT2D eigenvalue weighted by Gasteiger charge is 2.19. The summed E-state index contributed by atoms with van der Waals surface area (Å²) < 4.78 is 0. The van der Waals surface area contributed by atoms with Crippen molar-refractivity contribution in [3.8, 4) is 0 Å². The van der Waals surface area contributed by atoms with E-state index in [-0.39, 0.29) is 6.03 Å². The molecule has 5 heteroatoms. The molecule has 2 amide bonds. The molecule has 19 heavy (non-hydrogen) atoms. The van der Waals surface area contributed by atoms with Crippen molar-refractivity contribution in [1.29, 1.82) is 0 Å². The van der Waals surface area contributed by atoms with Gasteiger partial charge in [-0.1, -0.05) is 12.1 Å². The summed E-state index contributed by atoms with van der Waals surface area (Å²) in [5.41, 5.74) is 7.92. The number of rotatable bonds is 6. The van der Waals surface area contributed by atoms with Crippen LogP contribution in [0, 0.1) is 0 Å². The second kappa shape index (κ2) is 6.43. The lowest BCUT2D eigenvalue weighted by Crippen LogP contribution is -2.37. The van der Waals surface area contributed by atoms with Gasteiger partial charge in [-0.05, 0) is 24.6 Å². The third-order valence-corrected chi connectivity index (χ3v) is 3.50. The van der Waals surface area contributed by atoms with Crippen LogP contribution >= 0.6 is 0 Å². The molecule has 0 atom stereocenters. The quantitative estimate of drug-likeness (QED) is 0.804. The van der Waals surface area contributed by atoms with Crippen molar-refractivity contribution in [3.63, 3.8) is 0 Å². The van der Waals surface area contributed by atoms with Gasteiger partial charge in [-0.2, -0.15) is 0 Å². The lowest BCUT2D eigenvalue weighted by molar-refractivity contribution is 0.218. The normalized spacial score (nSPS) is 14.6. The van der Waals surface area contributed by atoms with E-state index in [9.17, 15) is 4.79 Å². The largest absolute Gasteiger partial charge is 0.370 e. The molecule has 0 radical (unpaired) electrons. The van der Waals surface area contributed by atoms with Crippen molar-refractivity contribution in [2.75, 3.05) is 37.6 Å². The van der Waals surface area contributed by atoms with Gasteiger partial charge in [-0.25, -0.2) is 4.79 Å². The van der Waals surface area contributed by atoms with E-state index in [2.05, 4.69) is 41.4 Å². The van der Waals surface area contributed by atoms with E-state index in [0.29, 0.717) is 6.54 Å². The average Bonchev–Trinajstić information content (AvgIpc) is 2.86. The molecule has 104 valence electrons. The van der Waals surface area contributed by atoms with E-state index in [4.69, 9.17) is 5.73 Å². The average molecular weight is 262 g/mol. The molecule has 1 aromatic rings. The molecule has 0 aromatic heterocycles. The molecule has 0 bridgehead atoms. The molecule has 0 spiro atoms. The molecular formula is C14H22N4O. The first kappa shape index (κ1) is 13.7. The fourth-order valence-corrected chi connectivity index (χ4v) is 2.28. The number of carbonyl (C=O) groups excluding carboxylic acids is 1. The Morgan fingerprint density at radius 1 is 1.37 bits per heavy atom. The molecule has 1 heterocycles. The topological polar surface area (TPSA) is 61.6 Å². The van der Waals surface area contributed by atoms with Crippen LogP contribution in [0.5, 0.6) is 0 Å². The van der Waals surface area contributed by atoms with Crippen LogP contribution in [0.15, 0.2) is 24.3 Å². The Kier molecular flexibility index (Phi) is 4.63. The summed E-state index contributed by atoms with van der Waals surface area (Å²) in [6.45, 7) is 6.81. The minimum atomic E-state index is 0.0505. The predicted molar refractivity (Wildman–Crippen MR) is 77.2 cm³/mol. The van der Waals surface area contributed by atoms with E-state index in [1.54, 1.807) is 0 Å². The van der Waals surface area contributed by atoms with Gasteiger partial charge in [-0.15, -0.1) is 0 Å². The van der Waals surface area contributed by atoms with Gasteiger partial charge in [0.15, 0.2) is 0 Å². The highest BCUT2D eigenvalue weighted by molar-refractivity contribution is 5.76. The maximum absolute atomic E-state index is 11.5. The zero-order valence-corrected chi connectivity index (χ0v) is 11.4. The van der Waals surface area contributed by atoms with E-state index in [1.807, 2.05) is 4.90 Å². The van der Waals surface area contributed by atoms with Gasteiger partial charge < -0.3 is 20.9 Å². The molecule has 1 aliphatic heterocycles. The van der Waals surface area contributed by atoms with Crippen molar-refractivity contribution >= 4 is 11.7 Å². The number of benzene rings is 1. The van der Waals surface area contributed by atoms with Crippen LogP contribution in [0.25, 0.3) is 0 Å². The summed E-state index contributed by atoms with van der Waals surface area (Å²) in [5, 5.41) is 2.82. The first-order chi connectivity index (χ1) is 9.24. The first-order valence-corrected chi connectivity index (χ1v) is 6.81. The summed E-state index contributed by atoms with van der Waals surface area (Å²) >= 11 is 0. The smallest absolute Gasteiger partial charge is 0.317 e. The van der Waals surface area contributed by atoms with Gasteiger partial charge in [0, 0.05) is 45.0 Å². The van der Waals surface area contributed by atoms with Gasteiger partial charge in [0.1, 0.15) is 0 Å². The zero-order valence-electron chi connectivity index (χ0n) is 11.4. The fourth-order valence-electron chi connectivity index (χ4n) is 2.28. The molecule has 0 aliphatic carbocycles. The van der Waals surface area contributed by atoms with Gasteiger partial charge in [0.2, 0.25) is 0 Å². The zero-order chi connectivity index (χ0) is 13.7. The number of urea groups is 1. The van der Waals surface area contributed by atoms with Gasteiger partial charge in [0.05, 0.1) is 0 Å². The minimum Gasteiger partial charge on any atom is -0.370 e. The molecular weight excluding hydrogens is 240 g/mol. The maximum Gasteiger partial charge on any atom is 0.317 e. The number of nitrogens with two attached hydrogens (primary N) is 1. The van der Waals surface area contributed by atoms with Crippen LogP contribution in [0.4, 0.5) is 10.5 Å². The maximum atomic E-state index is 11.5. The predicted octanol–water partition coefficient (Wildman–Crippen LogP) is 0.997. The SMILES string of the molecule is CCN(CCN1CCNC1=O)c1ccc(CN)cc1. The summed E-state index contributed by atoms with van der Waals surface area (Å²) in [6.07, 6.45) is 0. The minimum absolute atomic E-state index is 0.0505. The molecule has 5 nitrogen and oxygen atoms in total. The van der Waals surface area contributed by atoms with Crippen LogP contribution in [-0.2, 0) is 6.54 Å². The molecule has 1 aromatic carbocycles. The molecule has 0 unspecified atom stereocenters. The molecule has 3 N–H and O–H groups in total. The van der Waals surface area contributed by atoms with Crippen LogP contribution in [-0.4, -0.2) is 43.7 Å². The summed E-state index contributed by atoms with van der Waals surface area (Å²) in [7, 11) is 0. The lowest BCUT2D eigenvalue weighted by Gasteiger charge is -2.25. The molecule has 1 aliphatic rings. The molecule has 0 saturated carbocycles. The third kappa shape index (κ3) is 3.38. The second-order valence-electron chi connectivity index (χ2n) is 4.67. The number of nitrogens with zero attached hydrogens (tertiary/aromatic N) is 2. The highest BCUT2D eigenvalue weighted by atomic mass is 16.2. The Morgan fingerprint density at radius 3 is 2.63 bits per heavy atom. The lowest BCUT2D eigenvalue weighted by atomic mass is 10.2. The number of anilines is 1. The van der Waals surface area contributed by atoms with Crippen molar-refractivity contribution < 1.29 is 4.79 Å². The van der Waals surface area contributed by atoms with Crippen molar-refractivity contribution in [1.82, 2.24) is 10.2 Å². The van der Waals surface area contributed by atoms with Crippen LogP contribution < -0.4 is 16.0 Å². The van der Waals surface area contributed by atoms with E-state index in [0.717, 1.165) is 38.3 Å². The Bertz CT molecular complexity index is 418. The Balaban J connectivity index is 1.93. The summed E-state index contributed by atoms with van der Waals surface area (Å²) in [5.74, 6) is 0. The number of nitrogens with one attached hydrogen (secondary N) is 1. The third-order valence-electron chi connectivity index (χ3n) is 3.50. The van der Waals surface area contributed by atoms with Crippen molar-refractivity contribution in [2.45, 2.75) is 13.5 Å². The van der Waals surface area contributed by atoms with Gasteiger partial charge in [-0.3, -0.25) is 0 Å². The second-order valence-corrected chi connectivity index (χ2v) is 4.67. The fraction of sp³-hybridized carbons (Fsp3) is 0.500.